The molecule has 0 fully saturated rings. The Morgan fingerprint density at radius 2 is 1.88 bits per heavy atom. The molecule has 1 aromatic heterocycles. The quantitative estimate of drug-likeness (QED) is 0.261. The fourth-order valence-electron chi connectivity index (χ4n) is 4.95. The normalized spacial score (nSPS) is 18.6. The van der Waals surface area contributed by atoms with Crippen molar-refractivity contribution < 1.29 is 14.3 Å². The number of thiazole rings is 1. The van der Waals surface area contributed by atoms with Crippen LogP contribution in [-0.4, -0.2) is 21.7 Å². The van der Waals surface area contributed by atoms with Crippen molar-refractivity contribution in [2.24, 2.45) is 0 Å². The van der Waals surface area contributed by atoms with Crippen molar-refractivity contribution in [3.8, 4) is 11.5 Å². The van der Waals surface area contributed by atoms with Crippen LogP contribution in [0.1, 0.15) is 16.7 Å². The van der Waals surface area contributed by atoms with Crippen LogP contribution in [0.15, 0.2) is 65.5 Å². The lowest BCUT2D eigenvalue weighted by molar-refractivity contribution is -0.122. The Kier molecular flexibility index (Phi) is 4.77. The first-order chi connectivity index (χ1) is 16.0. The van der Waals surface area contributed by atoms with Gasteiger partial charge in [-0.2, -0.15) is 0 Å². The highest BCUT2D eigenvalue weighted by Gasteiger charge is 2.57. The molecule has 2 aliphatic heterocycles. The number of anilines is 1. The number of carbonyl (C=O) groups is 1. The van der Waals surface area contributed by atoms with Crippen LogP contribution in [0.3, 0.4) is 0 Å². The molecule has 6 nitrogen and oxygen atoms in total. The van der Waals surface area contributed by atoms with Gasteiger partial charge in [0.1, 0.15) is 34.8 Å². The molecule has 0 radical (unpaired) electrons. The second kappa shape index (κ2) is 7.59. The summed E-state index contributed by atoms with van der Waals surface area (Å²) in [6, 6.07) is 19.3. The molecule has 6 rings (SSSR count). The molecule has 0 N–H and O–H groups in total. The van der Waals surface area contributed by atoms with Crippen molar-refractivity contribution in [1.82, 2.24) is 4.57 Å². The van der Waals surface area contributed by atoms with E-state index >= 15 is 0 Å². The molecule has 1 amide bonds. The third kappa shape index (κ3) is 2.90. The van der Waals surface area contributed by atoms with Crippen LogP contribution in [0, 0.1) is 6.92 Å². The van der Waals surface area contributed by atoms with Gasteiger partial charge in [0.05, 0.1) is 15.9 Å². The molecule has 1 spiro atoms. The van der Waals surface area contributed by atoms with Crippen LogP contribution in [0.5, 0.6) is 11.5 Å². The number of hydrogen-bond acceptors (Lipinski definition) is 5. The minimum Gasteiger partial charge on any atom is -0.491 e. The summed E-state index contributed by atoms with van der Waals surface area (Å²) in [4.78, 5) is 28.6. The third-order valence-corrected chi connectivity index (χ3v) is 7.78. The van der Waals surface area contributed by atoms with Crippen LogP contribution in [0.4, 0.5) is 5.69 Å². The summed E-state index contributed by atoms with van der Waals surface area (Å²) in [5.41, 5.74) is 3.35. The van der Waals surface area contributed by atoms with Gasteiger partial charge in [0, 0.05) is 5.56 Å². The number of aromatic nitrogens is 1. The maximum Gasteiger partial charge on any atom is 0.309 e. The lowest BCUT2D eigenvalue weighted by Crippen LogP contribution is -2.43. The minimum atomic E-state index is -0.960. The number of nitrogens with zero attached hydrogens (tertiary/aromatic N) is 2. The number of ether oxygens (including phenoxy) is 2. The van der Waals surface area contributed by atoms with E-state index in [0.717, 1.165) is 38.3 Å². The van der Waals surface area contributed by atoms with Gasteiger partial charge in [-0.15, -0.1) is 0 Å². The zero-order chi connectivity index (χ0) is 22.7. The fraction of sp³-hybridized carbons (Fsp3) is 0.200. The molecule has 3 heterocycles. The molecular formula is C25H19IN2O4S. The van der Waals surface area contributed by atoms with E-state index in [2.05, 4.69) is 22.6 Å². The minimum absolute atomic E-state index is 0.0844. The standard InChI is InChI=1S/C25H19IN2O4S/c1-15-10-21-17(11-20(15)32-13-26)25(12-31-21)16-6-2-3-7-18(16)27(23(25)29)14-28-19-8-4-5-9-22(19)33-24(28)30/h2-11H,12-14H2,1H3. The predicted octanol–water partition coefficient (Wildman–Crippen LogP) is 4.83. The number of aryl methyl sites for hydroxylation is 1. The van der Waals surface area contributed by atoms with Gasteiger partial charge in [0.15, 0.2) is 0 Å². The average Bonchev–Trinajstić information content (AvgIpc) is 3.42. The van der Waals surface area contributed by atoms with Gasteiger partial charge in [-0.3, -0.25) is 19.1 Å². The number of halogens is 1. The Morgan fingerprint density at radius 3 is 2.73 bits per heavy atom. The maximum absolute atomic E-state index is 14.2. The van der Waals surface area contributed by atoms with Crippen LogP contribution in [0.25, 0.3) is 10.2 Å². The van der Waals surface area contributed by atoms with E-state index < -0.39 is 5.41 Å². The number of fused-ring (bicyclic) bond motifs is 5. The summed E-state index contributed by atoms with van der Waals surface area (Å²) in [6.45, 7) is 2.35. The van der Waals surface area contributed by atoms with Crippen LogP contribution < -0.4 is 19.2 Å². The van der Waals surface area contributed by atoms with Gasteiger partial charge in [-0.05, 0) is 71.0 Å². The van der Waals surface area contributed by atoms with Crippen LogP contribution in [0.2, 0.25) is 0 Å². The smallest absolute Gasteiger partial charge is 0.309 e. The number of benzene rings is 3. The van der Waals surface area contributed by atoms with E-state index in [1.165, 1.54) is 11.3 Å². The van der Waals surface area contributed by atoms with Gasteiger partial charge in [-0.25, -0.2) is 0 Å². The molecule has 0 saturated carbocycles. The van der Waals surface area contributed by atoms with Crippen molar-refractivity contribution in [2.75, 3.05) is 16.1 Å². The summed E-state index contributed by atoms with van der Waals surface area (Å²) in [7, 11) is 0. The van der Waals surface area contributed by atoms with Crippen molar-refractivity contribution >= 4 is 55.7 Å². The molecule has 1 unspecified atom stereocenters. The van der Waals surface area contributed by atoms with Gasteiger partial charge in [0.2, 0.25) is 5.91 Å². The van der Waals surface area contributed by atoms with Gasteiger partial charge >= 0.3 is 4.87 Å². The molecule has 0 aliphatic carbocycles. The van der Waals surface area contributed by atoms with Gasteiger partial charge in [0.25, 0.3) is 0 Å². The monoisotopic (exact) mass is 570 g/mol. The fourth-order valence-corrected chi connectivity index (χ4v) is 6.17. The van der Waals surface area contributed by atoms with E-state index in [-0.39, 0.29) is 24.1 Å². The highest BCUT2D eigenvalue weighted by Crippen LogP contribution is 2.53. The molecule has 33 heavy (non-hydrogen) atoms. The summed E-state index contributed by atoms with van der Waals surface area (Å²) in [6.07, 6.45) is 0. The summed E-state index contributed by atoms with van der Waals surface area (Å²) < 4.78 is 15.0. The van der Waals surface area contributed by atoms with Crippen LogP contribution in [-0.2, 0) is 16.9 Å². The molecule has 166 valence electrons. The molecule has 1 atom stereocenters. The third-order valence-electron chi connectivity index (χ3n) is 6.51. The Morgan fingerprint density at radius 1 is 1.09 bits per heavy atom. The highest BCUT2D eigenvalue weighted by atomic mass is 127. The Bertz CT molecular complexity index is 1490. The molecule has 4 aromatic rings. The van der Waals surface area contributed by atoms with Gasteiger partial charge in [-0.1, -0.05) is 41.7 Å². The predicted molar refractivity (Wildman–Crippen MR) is 137 cm³/mol. The topological polar surface area (TPSA) is 60.8 Å². The molecule has 0 bridgehead atoms. The Balaban J connectivity index is 1.51. The largest absolute Gasteiger partial charge is 0.491 e. The number of carbonyl (C=O) groups excluding carboxylic acids is 1. The van der Waals surface area contributed by atoms with Crippen molar-refractivity contribution in [3.63, 3.8) is 0 Å². The van der Waals surface area contributed by atoms with Crippen molar-refractivity contribution in [3.05, 3.63) is 87.0 Å². The number of amides is 1. The van der Waals surface area contributed by atoms with Gasteiger partial charge < -0.3 is 9.47 Å². The first-order valence-corrected chi connectivity index (χ1v) is 12.9. The molecule has 3 aromatic carbocycles. The van der Waals surface area contributed by atoms with E-state index in [9.17, 15) is 9.59 Å². The molecular weight excluding hydrogens is 551 g/mol. The zero-order valence-electron chi connectivity index (χ0n) is 17.7. The molecule has 2 aliphatic rings. The summed E-state index contributed by atoms with van der Waals surface area (Å²) >= 11 is 3.36. The second-order valence-electron chi connectivity index (χ2n) is 8.22. The SMILES string of the molecule is Cc1cc2c(cc1OCI)C1(CO2)C(=O)N(Cn2c(=O)sc3ccccc32)c2ccccc21. The lowest BCUT2D eigenvalue weighted by atomic mass is 9.77. The summed E-state index contributed by atoms with van der Waals surface area (Å²) in [5.74, 6) is 1.36. The van der Waals surface area contributed by atoms with E-state index in [1.807, 2.05) is 67.6 Å². The molecule has 8 heteroatoms. The zero-order valence-corrected chi connectivity index (χ0v) is 20.7. The molecule has 0 saturated heterocycles. The first-order valence-electron chi connectivity index (χ1n) is 10.5. The second-order valence-corrected chi connectivity index (χ2v) is 9.83. The van der Waals surface area contributed by atoms with E-state index in [4.69, 9.17) is 9.47 Å². The van der Waals surface area contributed by atoms with Crippen LogP contribution >= 0.6 is 33.9 Å². The Hall–Kier alpha value is -2.85. The van der Waals surface area contributed by atoms with E-state index in [1.54, 1.807) is 9.47 Å². The van der Waals surface area contributed by atoms with Crippen molar-refractivity contribution in [1.29, 1.82) is 0 Å². The number of hydrogen-bond donors (Lipinski definition) is 0. The Labute approximate surface area is 207 Å². The average molecular weight is 570 g/mol. The number of para-hydroxylation sites is 2. The lowest BCUT2D eigenvalue weighted by Gasteiger charge is -2.24. The highest BCUT2D eigenvalue weighted by molar-refractivity contribution is 14.1. The summed E-state index contributed by atoms with van der Waals surface area (Å²) in [5, 5.41) is 0. The number of alkyl halides is 1. The first kappa shape index (κ1) is 20.7. The maximum atomic E-state index is 14.2. The van der Waals surface area contributed by atoms with E-state index in [0.29, 0.717) is 10.4 Å². The van der Waals surface area contributed by atoms with Crippen molar-refractivity contribution in [2.45, 2.75) is 19.0 Å². The number of rotatable bonds is 4.